The molecule has 0 radical (unpaired) electrons. The lowest BCUT2D eigenvalue weighted by atomic mass is 9.90. The van der Waals surface area contributed by atoms with Crippen LogP contribution in [0.2, 0.25) is 5.02 Å². The maximum absolute atomic E-state index is 10.9. The Morgan fingerprint density at radius 2 is 2.11 bits per heavy atom. The fraction of sp³-hybridized carbons (Fsp3) is 0.500. The molecule has 1 aromatic rings. The number of hydrogen-bond acceptors (Lipinski definition) is 2. The lowest BCUT2D eigenvalue weighted by molar-refractivity contribution is -0.147. The normalized spacial score (nSPS) is 11.6. The van der Waals surface area contributed by atoms with E-state index in [9.17, 15) is 4.79 Å². The van der Waals surface area contributed by atoms with Crippen LogP contribution < -0.4 is 5.32 Å². The van der Waals surface area contributed by atoms with Crippen LogP contribution in [0.4, 0.5) is 0 Å². The molecular weight excluding hydrogens is 250 g/mol. The summed E-state index contributed by atoms with van der Waals surface area (Å²) < 4.78 is 0. The number of carbonyl (C=O) groups is 1. The third-order valence-corrected chi connectivity index (χ3v) is 3.36. The van der Waals surface area contributed by atoms with Crippen LogP contribution in [0.3, 0.4) is 0 Å². The van der Waals surface area contributed by atoms with Gasteiger partial charge in [-0.1, -0.05) is 17.7 Å². The molecule has 0 aliphatic rings. The molecule has 1 aromatic carbocycles. The van der Waals surface area contributed by atoms with Crippen molar-refractivity contribution in [3.8, 4) is 0 Å². The van der Waals surface area contributed by atoms with Gasteiger partial charge in [0.25, 0.3) is 0 Å². The summed E-state index contributed by atoms with van der Waals surface area (Å²) in [4.78, 5) is 10.9. The Kier molecular flexibility index (Phi) is 5.17. The minimum atomic E-state index is -0.757. The molecule has 0 aliphatic heterocycles. The van der Waals surface area contributed by atoms with Gasteiger partial charge in [-0.2, -0.15) is 0 Å². The van der Waals surface area contributed by atoms with Gasteiger partial charge in [-0.15, -0.1) is 0 Å². The molecule has 0 bridgehead atoms. The van der Waals surface area contributed by atoms with E-state index in [0.29, 0.717) is 13.0 Å². The van der Waals surface area contributed by atoms with Gasteiger partial charge in [0, 0.05) is 11.6 Å². The smallest absolute Gasteiger partial charge is 0.309 e. The van der Waals surface area contributed by atoms with Gasteiger partial charge in [0.1, 0.15) is 0 Å². The van der Waals surface area contributed by atoms with E-state index < -0.39 is 11.4 Å². The predicted molar refractivity (Wildman–Crippen MR) is 73.9 cm³/mol. The predicted octanol–water partition coefficient (Wildman–Crippen LogP) is 3.24. The van der Waals surface area contributed by atoms with E-state index in [4.69, 9.17) is 16.7 Å². The molecule has 2 N–H and O–H groups in total. The molecule has 0 saturated carbocycles. The maximum atomic E-state index is 10.9. The SMILES string of the molecule is Cc1cc(Cl)ccc1CNCCC(C)(C)C(=O)O. The molecule has 0 amide bonds. The summed E-state index contributed by atoms with van der Waals surface area (Å²) in [5.74, 6) is -0.757. The second kappa shape index (κ2) is 6.21. The standard InChI is InChI=1S/C14H20ClNO2/c1-10-8-12(15)5-4-11(10)9-16-7-6-14(2,3)13(17)18/h4-5,8,16H,6-7,9H2,1-3H3,(H,17,18). The zero-order chi connectivity index (χ0) is 13.8. The van der Waals surface area contributed by atoms with Crippen molar-refractivity contribution in [3.05, 3.63) is 34.3 Å². The number of carboxylic acid groups (broad SMARTS) is 1. The van der Waals surface area contributed by atoms with Crippen molar-refractivity contribution in [3.63, 3.8) is 0 Å². The minimum Gasteiger partial charge on any atom is -0.481 e. The fourth-order valence-electron chi connectivity index (χ4n) is 1.59. The van der Waals surface area contributed by atoms with Crippen molar-refractivity contribution in [2.75, 3.05) is 6.54 Å². The third kappa shape index (κ3) is 4.31. The molecule has 18 heavy (non-hydrogen) atoms. The van der Waals surface area contributed by atoms with Crippen LogP contribution in [-0.4, -0.2) is 17.6 Å². The third-order valence-electron chi connectivity index (χ3n) is 3.13. The van der Waals surface area contributed by atoms with Gasteiger partial charge in [-0.05, 0) is 57.0 Å². The monoisotopic (exact) mass is 269 g/mol. The number of aliphatic carboxylic acids is 1. The Labute approximate surface area is 113 Å². The van der Waals surface area contributed by atoms with Gasteiger partial charge in [-0.3, -0.25) is 4.79 Å². The largest absolute Gasteiger partial charge is 0.481 e. The van der Waals surface area contributed by atoms with E-state index >= 15 is 0 Å². The molecule has 3 nitrogen and oxygen atoms in total. The molecule has 0 aromatic heterocycles. The molecule has 100 valence electrons. The van der Waals surface area contributed by atoms with E-state index in [1.807, 2.05) is 25.1 Å². The van der Waals surface area contributed by atoms with E-state index in [1.54, 1.807) is 13.8 Å². The number of benzene rings is 1. The minimum absolute atomic E-state index is 0.606. The van der Waals surface area contributed by atoms with Crippen LogP contribution in [0.25, 0.3) is 0 Å². The Morgan fingerprint density at radius 1 is 1.44 bits per heavy atom. The highest BCUT2D eigenvalue weighted by atomic mass is 35.5. The first kappa shape index (κ1) is 15.0. The van der Waals surface area contributed by atoms with Gasteiger partial charge < -0.3 is 10.4 Å². The van der Waals surface area contributed by atoms with E-state index in [-0.39, 0.29) is 0 Å². The molecule has 0 spiro atoms. The highest BCUT2D eigenvalue weighted by molar-refractivity contribution is 6.30. The molecule has 1 rings (SSSR count). The Morgan fingerprint density at radius 3 is 2.67 bits per heavy atom. The maximum Gasteiger partial charge on any atom is 0.309 e. The summed E-state index contributed by atoms with van der Waals surface area (Å²) in [7, 11) is 0. The highest BCUT2D eigenvalue weighted by Gasteiger charge is 2.25. The summed E-state index contributed by atoms with van der Waals surface area (Å²) in [5.41, 5.74) is 1.65. The van der Waals surface area contributed by atoms with E-state index in [1.165, 1.54) is 5.56 Å². The van der Waals surface area contributed by atoms with Gasteiger partial charge in [0.2, 0.25) is 0 Å². The Balaban J connectivity index is 2.41. The van der Waals surface area contributed by atoms with Crippen molar-refractivity contribution >= 4 is 17.6 Å². The van der Waals surface area contributed by atoms with Crippen molar-refractivity contribution in [1.29, 1.82) is 0 Å². The first-order chi connectivity index (χ1) is 8.33. The van der Waals surface area contributed by atoms with Crippen LogP contribution >= 0.6 is 11.6 Å². The van der Waals surface area contributed by atoms with Gasteiger partial charge in [0.15, 0.2) is 0 Å². The molecular formula is C14H20ClNO2. The van der Waals surface area contributed by atoms with Crippen LogP contribution in [-0.2, 0) is 11.3 Å². The first-order valence-electron chi connectivity index (χ1n) is 6.02. The molecule has 0 fully saturated rings. The highest BCUT2D eigenvalue weighted by Crippen LogP contribution is 2.19. The van der Waals surface area contributed by atoms with E-state index in [2.05, 4.69) is 5.32 Å². The lowest BCUT2D eigenvalue weighted by Gasteiger charge is -2.19. The number of aryl methyl sites for hydroxylation is 1. The van der Waals surface area contributed by atoms with Crippen LogP contribution in [0.5, 0.6) is 0 Å². The summed E-state index contributed by atoms with van der Waals surface area (Å²) >= 11 is 5.89. The number of nitrogens with one attached hydrogen (secondary N) is 1. The van der Waals surface area contributed by atoms with Crippen LogP contribution in [0.1, 0.15) is 31.4 Å². The molecule has 0 saturated heterocycles. The summed E-state index contributed by atoms with van der Waals surface area (Å²) in [5, 5.41) is 13.0. The molecule has 0 atom stereocenters. The average Bonchev–Trinajstić information content (AvgIpc) is 2.26. The fourth-order valence-corrected chi connectivity index (χ4v) is 1.82. The number of rotatable bonds is 6. The van der Waals surface area contributed by atoms with Gasteiger partial charge >= 0.3 is 5.97 Å². The number of halogens is 1. The zero-order valence-corrected chi connectivity index (χ0v) is 11.8. The van der Waals surface area contributed by atoms with Gasteiger partial charge in [0.05, 0.1) is 5.41 Å². The molecule has 0 heterocycles. The molecule has 0 unspecified atom stereocenters. The van der Waals surface area contributed by atoms with Crippen LogP contribution in [0.15, 0.2) is 18.2 Å². The summed E-state index contributed by atoms with van der Waals surface area (Å²) in [6, 6.07) is 5.79. The van der Waals surface area contributed by atoms with Gasteiger partial charge in [-0.25, -0.2) is 0 Å². The average molecular weight is 270 g/mol. The second-order valence-corrected chi connectivity index (χ2v) is 5.62. The topological polar surface area (TPSA) is 49.3 Å². The molecule has 0 aliphatic carbocycles. The Bertz CT molecular complexity index is 430. The lowest BCUT2D eigenvalue weighted by Crippen LogP contribution is -2.28. The zero-order valence-electron chi connectivity index (χ0n) is 11.1. The second-order valence-electron chi connectivity index (χ2n) is 5.19. The van der Waals surface area contributed by atoms with Crippen molar-refractivity contribution in [2.24, 2.45) is 5.41 Å². The van der Waals surface area contributed by atoms with Crippen molar-refractivity contribution in [1.82, 2.24) is 5.32 Å². The quantitative estimate of drug-likeness (QED) is 0.780. The first-order valence-corrected chi connectivity index (χ1v) is 6.40. The van der Waals surface area contributed by atoms with E-state index in [0.717, 1.165) is 17.1 Å². The van der Waals surface area contributed by atoms with Crippen molar-refractivity contribution < 1.29 is 9.90 Å². The van der Waals surface area contributed by atoms with Crippen LogP contribution in [0, 0.1) is 12.3 Å². The number of hydrogen-bond donors (Lipinski definition) is 2. The summed E-state index contributed by atoms with van der Waals surface area (Å²) in [6.07, 6.45) is 0.606. The summed E-state index contributed by atoms with van der Waals surface area (Å²) in [6.45, 7) is 6.92. The van der Waals surface area contributed by atoms with Crippen molar-refractivity contribution in [2.45, 2.75) is 33.7 Å². The Hall–Kier alpha value is -1.06. The number of carboxylic acids is 1. The molecule has 4 heteroatoms.